The summed E-state index contributed by atoms with van der Waals surface area (Å²) < 4.78 is 0. The van der Waals surface area contributed by atoms with Crippen LogP contribution in [0.1, 0.15) is 25.3 Å². The average molecular weight is 265 g/mol. The van der Waals surface area contributed by atoms with Crippen molar-refractivity contribution in [3.05, 3.63) is 30.1 Å². The molecule has 19 heavy (non-hydrogen) atoms. The lowest BCUT2D eigenvalue weighted by atomic mass is 10.2. The SMILES string of the molecule is CC(CCC(=O)O)NC(=O)NCCc1cccnc1. The molecule has 1 aromatic rings. The van der Waals surface area contributed by atoms with Crippen molar-refractivity contribution < 1.29 is 14.7 Å². The maximum Gasteiger partial charge on any atom is 0.315 e. The molecule has 1 unspecified atom stereocenters. The lowest BCUT2D eigenvalue weighted by molar-refractivity contribution is -0.137. The molecule has 1 rings (SSSR count). The number of aliphatic carboxylic acids is 1. The zero-order chi connectivity index (χ0) is 14.1. The summed E-state index contributed by atoms with van der Waals surface area (Å²) in [6.45, 7) is 2.30. The molecular formula is C13H19N3O3. The van der Waals surface area contributed by atoms with Crippen LogP contribution in [0.5, 0.6) is 0 Å². The highest BCUT2D eigenvalue weighted by molar-refractivity contribution is 5.74. The maximum absolute atomic E-state index is 11.5. The summed E-state index contributed by atoms with van der Waals surface area (Å²) in [5.41, 5.74) is 1.06. The molecule has 0 aromatic carbocycles. The highest BCUT2D eigenvalue weighted by atomic mass is 16.4. The van der Waals surface area contributed by atoms with E-state index >= 15 is 0 Å². The summed E-state index contributed by atoms with van der Waals surface area (Å²) in [5, 5.41) is 13.9. The molecule has 3 N–H and O–H groups in total. The summed E-state index contributed by atoms with van der Waals surface area (Å²) in [4.78, 5) is 25.9. The zero-order valence-corrected chi connectivity index (χ0v) is 10.9. The Balaban J connectivity index is 2.15. The first kappa shape index (κ1) is 14.9. The second kappa shape index (κ2) is 8.07. The Labute approximate surface area is 112 Å². The number of pyridine rings is 1. The van der Waals surface area contributed by atoms with Crippen LogP contribution in [-0.4, -0.2) is 34.7 Å². The molecule has 2 amide bonds. The van der Waals surface area contributed by atoms with Gasteiger partial charge in [-0.3, -0.25) is 9.78 Å². The van der Waals surface area contributed by atoms with Crippen molar-refractivity contribution in [2.24, 2.45) is 0 Å². The van der Waals surface area contributed by atoms with E-state index in [1.807, 2.05) is 12.1 Å². The molecule has 1 heterocycles. The first-order valence-electron chi connectivity index (χ1n) is 6.23. The lowest BCUT2D eigenvalue weighted by Crippen LogP contribution is -2.41. The molecule has 6 nitrogen and oxygen atoms in total. The summed E-state index contributed by atoms with van der Waals surface area (Å²) in [6, 6.07) is 3.36. The Kier molecular flexibility index (Phi) is 6.35. The summed E-state index contributed by atoms with van der Waals surface area (Å²) in [6.07, 6.45) is 4.65. The molecule has 1 atom stereocenters. The van der Waals surface area contributed by atoms with Gasteiger partial charge in [-0.25, -0.2) is 4.79 Å². The Morgan fingerprint density at radius 1 is 1.47 bits per heavy atom. The summed E-state index contributed by atoms with van der Waals surface area (Å²) in [5.74, 6) is -0.856. The van der Waals surface area contributed by atoms with Crippen LogP contribution in [0.25, 0.3) is 0 Å². The highest BCUT2D eigenvalue weighted by Crippen LogP contribution is 1.97. The number of aromatic nitrogens is 1. The van der Waals surface area contributed by atoms with Crippen LogP contribution >= 0.6 is 0 Å². The van der Waals surface area contributed by atoms with Crippen molar-refractivity contribution >= 4 is 12.0 Å². The van der Waals surface area contributed by atoms with Gasteiger partial charge in [0.15, 0.2) is 0 Å². The van der Waals surface area contributed by atoms with E-state index in [-0.39, 0.29) is 18.5 Å². The second-order valence-corrected chi connectivity index (χ2v) is 4.34. The van der Waals surface area contributed by atoms with E-state index in [0.717, 1.165) is 5.56 Å². The lowest BCUT2D eigenvalue weighted by Gasteiger charge is -2.13. The molecule has 0 radical (unpaired) electrons. The minimum atomic E-state index is -0.856. The second-order valence-electron chi connectivity index (χ2n) is 4.34. The molecule has 0 aliphatic heterocycles. The molecule has 1 aromatic heterocycles. The number of rotatable bonds is 7. The highest BCUT2D eigenvalue weighted by Gasteiger charge is 2.08. The minimum absolute atomic E-state index is 0.0527. The topological polar surface area (TPSA) is 91.3 Å². The van der Waals surface area contributed by atoms with Gasteiger partial charge in [0.25, 0.3) is 0 Å². The molecule has 104 valence electrons. The smallest absolute Gasteiger partial charge is 0.315 e. The van der Waals surface area contributed by atoms with E-state index < -0.39 is 5.97 Å². The van der Waals surface area contributed by atoms with Gasteiger partial charge >= 0.3 is 12.0 Å². The molecule has 0 fully saturated rings. The fourth-order valence-electron chi connectivity index (χ4n) is 1.55. The van der Waals surface area contributed by atoms with Gasteiger partial charge in [-0.1, -0.05) is 6.07 Å². The number of nitrogens with one attached hydrogen (secondary N) is 2. The van der Waals surface area contributed by atoms with Crippen molar-refractivity contribution in [2.45, 2.75) is 32.2 Å². The molecule has 0 aliphatic rings. The van der Waals surface area contributed by atoms with E-state index in [9.17, 15) is 9.59 Å². The third-order valence-electron chi connectivity index (χ3n) is 2.59. The molecule has 0 aliphatic carbocycles. The zero-order valence-electron chi connectivity index (χ0n) is 10.9. The van der Waals surface area contributed by atoms with Gasteiger partial charge < -0.3 is 15.7 Å². The van der Waals surface area contributed by atoms with E-state index in [2.05, 4.69) is 15.6 Å². The van der Waals surface area contributed by atoms with Gasteiger partial charge in [0, 0.05) is 31.4 Å². The Bertz CT molecular complexity index is 409. The normalized spacial score (nSPS) is 11.6. The van der Waals surface area contributed by atoms with Gasteiger partial charge in [-0.15, -0.1) is 0 Å². The van der Waals surface area contributed by atoms with Gasteiger partial charge in [-0.2, -0.15) is 0 Å². The van der Waals surface area contributed by atoms with Crippen molar-refractivity contribution in [3.8, 4) is 0 Å². The predicted molar refractivity (Wildman–Crippen MR) is 70.8 cm³/mol. The van der Waals surface area contributed by atoms with Crippen molar-refractivity contribution in [3.63, 3.8) is 0 Å². The molecular weight excluding hydrogens is 246 g/mol. The van der Waals surface area contributed by atoms with Crippen LogP contribution in [0.15, 0.2) is 24.5 Å². The Morgan fingerprint density at radius 3 is 2.89 bits per heavy atom. The first-order chi connectivity index (χ1) is 9.08. The van der Waals surface area contributed by atoms with Crippen molar-refractivity contribution in [2.75, 3.05) is 6.54 Å². The number of hydrogen-bond acceptors (Lipinski definition) is 3. The van der Waals surface area contributed by atoms with Crippen molar-refractivity contribution in [1.82, 2.24) is 15.6 Å². The molecule has 0 bridgehead atoms. The fourth-order valence-corrected chi connectivity index (χ4v) is 1.55. The molecule has 0 saturated carbocycles. The number of nitrogens with zero attached hydrogens (tertiary/aromatic N) is 1. The van der Waals surface area contributed by atoms with Crippen LogP contribution in [0, 0.1) is 0 Å². The molecule has 0 saturated heterocycles. The fraction of sp³-hybridized carbons (Fsp3) is 0.462. The minimum Gasteiger partial charge on any atom is -0.481 e. The van der Waals surface area contributed by atoms with Gasteiger partial charge in [0.1, 0.15) is 0 Å². The third kappa shape index (κ3) is 7.03. The molecule has 6 heteroatoms. The monoisotopic (exact) mass is 265 g/mol. The maximum atomic E-state index is 11.5. The number of carboxylic acids is 1. The number of amides is 2. The van der Waals surface area contributed by atoms with E-state index in [0.29, 0.717) is 19.4 Å². The van der Waals surface area contributed by atoms with Crippen LogP contribution in [-0.2, 0) is 11.2 Å². The number of carboxylic acid groups (broad SMARTS) is 1. The van der Waals surface area contributed by atoms with Gasteiger partial charge in [0.05, 0.1) is 0 Å². The van der Waals surface area contributed by atoms with E-state index in [1.54, 1.807) is 19.3 Å². The van der Waals surface area contributed by atoms with Crippen LogP contribution in [0.2, 0.25) is 0 Å². The number of carbonyl (C=O) groups excluding carboxylic acids is 1. The quantitative estimate of drug-likeness (QED) is 0.690. The summed E-state index contributed by atoms with van der Waals surface area (Å²) in [7, 11) is 0. The number of urea groups is 1. The molecule has 0 spiro atoms. The van der Waals surface area contributed by atoms with Gasteiger partial charge in [-0.05, 0) is 31.4 Å². The third-order valence-corrected chi connectivity index (χ3v) is 2.59. The Hall–Kier alpha value is -2.11. The predicted octanol–water partition coefficient (Wildman–Crippen LogP) is 1.18. The van der Waals surface area contributed by atoms with Crippen molar-refractivity contribution in [1.29, 1.82) is 0 Å². The Morgan fingerprint density at radius 2 is 2.26 bits per heavy atom. The standard InChI is InChI=1S/C13H19N3O3/c1-10(4-5-12(17)18)16-13(19)15-8-6-11-3-2-7-14-9-11/h2-3,7,9-10H,4-6,8H2,1H3,(H,17,18)(H2,15,16,19). The van der Waals surface area contributed by atoms with E-state index in [4.69, 9.17) is 5.11 Å². The summed E-state index contributed by atoms with van der Waals surface area (Å²) >= 11 is 0. The average Bonchev–Trinajstić information content (AvgIpc) is 2.37. The van der Waals surface area contributed by atoms with Crippen LogP contribution in [0.3, 0.4) is 0 Å². The number of hydrogen-bond donors (Lipinski definition) is 3. The first-order valence-corrected chi connectivity index (χ1v) is 6.23. The van der Waals surface area contributed by atoms with Crippen LogP contribution < -0.4 is 10.6 Å². The largest absolute Gasteiger partial charge is 0.481 e. The van der Waals surface area contributed by atoms with E-state index in [1.165, 1.54) is 0 Å². The van der Waals surface area contributed by atoms with Gasteiger partial charge in [0.2, 0.25) is 0 Å². The number of carbonyl (C=O) groups is 2. The van der Waals surface area contributed by atoms with Crippen LogP contribution in [0.4, 0.5) is 4.79 Å².